The fourth-order valence-electron chi connectivity index (χ4n) is 3.38. The van der Waals surface area contributed by atoms with Crippen LogP contribution in [0, 0.1) is 0 Å². The smallest absolute Gasteiger partial charge is 0.268 e. The van der Waals surface area contributed by atoms with Crippen LogP contribution in [-0.4, -0.2) is 55.6 Å². The van der Waals surface area contributed by atoms with Crippen LogP contribution in [0.25, 0.3) is 17.3 Å². The van der Waals surface area contributed by atoms with E-state index < -0.39 is 0 Å². The summed E-state index contributed by atoms with van der Waals surface area (Å²) in [6.07, 6.45) is 1.67. The number of amides is 1. The Bertz CT molecular complexity index is 1020. The van der Waals surface area contributed by atoms with Crippen molar-refractivity contribution in [2.75, 3.05) is 20.1 Å². The predicted octanol–water partition coefficient (Wildman–Crippen LogP) is 3.00. The van der Waals surface area contributed by atoms with E-state index >= 15 is 0 Å². The summed E-state index contributed by atoms with van der Waals surface area (Å²) in [6.45, 7) is 6.92. The van der Waals surface area contributed by atoms with Gasteiger partial charge in [0.2, 0.25) is 5.89 Å². The molecule has 8 nitrogen and oxygen atoms in total. The highest BCUT2D eigenvalue weighted by atomic mass is 35.5. The molecule has 9 heteroatoms. The highest BCUT2D eigenvalue weighted by molar-refractivity contribution is 6.34. The quantitative estimate of drug-likeness (QED) is 0.655. The third-order valence-electron chi connectivity index (χ3n) is 4.99. The number of halogens is 1. The first-order valence-corrected chi connectivity index (χ1v) is 9.56. The van der Waals surface area contributed by atoms with E-state index in [2.05, 4.69) is 33.9 Å². The number of rotatable bonds is 5. The van der Waals surface area contributed by atoms with Gasteiger partial charge < -0.3 is 9.32 Å². The zero-order valence-corrected chi connectivity index (χ0v) is 16.8. The standard InChI is InChI=1S/C19H21ClN6O2/c1-4-25(5-2)10-15-22-23-18(28-15)17-14-9-24(3)19(27)16-12(20)7-6-8-13(16)26(14)11-21-17/h6-8,11H,4-5,9-10H2,1-3H3. The van der Waals surface area contributed by atoms with Crippen molar-refractivity contribution in [2.45, 2.75) is 26.9 Å². The number of fused-ring (bicyclic) bond motifs is 3. The number of hydrogen-bond acceptors (Lipinski definition) is 6. The van der Waals surface area contributed by atoms with Crippen LogP contribution in [0.3, 0.4) is 0 Å². The monoisotopic (exact) mass is 400 g/mol. The molecule has 0 atom stereocenters. The van der Waals surface area contributed by atoms with Gasteiger partial charge in [-0.25, -0.2) is 4.98 Å². The third-order valence-corrected chi connectivity index (χ3v) is 5.30. The van der Waals surface area contributed by atoms with Crippen molar-refractivity contribution in [3.63, 3.8) is 0 Å². The summed E-state index contributed by atoms with van der Waals surface area (Å²) in [6, 6.07) is 5.39. The molecule has 0 unspecified atom stereocenters. The Morgan fingerprint density at radius 2 is 2.04 bits per heavy atom. The molecule has 0 saturated heterocycles. The van der Waals surface area contributed by atoms with Crippen molar-refractivity contribution < 1.29 is 9.21 Å². The van der Waals surface area contributed by atoms with Gasteiger partial charge in [-0.15, -0.1) is 10.2 Å². The molecular formula is C19H21ClN6O2. The maximum atomic E-state index is 12.8. The lowest BCUT2D eigenvalue weighted by atomic mass is 10.1. The minimum absolute atomic E-state index is 0.136. The highest BCUT2D eigenvalue weighted by Crippen LogP contribution is 2.32. The number of aromatic nitrogens is 4. The molecule has 0 N–H and O–H groups in total. The molecule has 4 rings (SSSR count). The number of benzene rings is 1. The van der Waals surface area contributed by atoms with Crippen LogP contribution in [0.5, 0.6) is 0 Å². The minimum Gasteiger partial charge on any atom is -0.418 e. The zero-order chi connectivity index (χ0) is 19.8. The first kappa shape index (κ1) is 18.6. The molecule has 28 heavy (non-hydrogen) atoms. The fourth-order valence-corrected chi connectivity index (χ4v) is 3.63. The molecule has 3 heterocycles. The molecule has 1 aromatic carbocycles. The number of imidazole rings is 1. The van der Waals surface area contributed by atoms with E-state index in [0.717, 1.165) is 18.8 Å². The van der Waals surface area contributed by atoms with Gasteiger partial charge >= 0.3 is 0 Å². The average molecular weight is 401 g/mol. The second-order valence-corrected chi connectivity index (χ2v) is 7.07. The van der Waals surface area contributed by atoms with Crippen LogP contribution in [0.4, 0.5) is 0 Å². The van der Waals surface area contributed by atoms with E-state index in [1.54, 1.807) is 24.3 Å². The van der Waals surface area contributed by atoms with E-state index in [9.17, 15) is 4.79 Å². The van der Waals surface area contributed by atoms with Gasteiger partial charge in [0.05, 0.1) is 35.1 Å². The summed E-state index contributed by atoms with van der Waals surface area (Å²) >= 11 is 6.32. The summed E-state index contributed by atoms with van der Waals surface area (Å²) in [5, 5.41) is 8.76. The summed E-state index contributed by atoms with van der Waals surface area (Å²) in [7, 11) is 1.74. The Kier molecular flexibility index (Phi) is 4.91. The van der Waals surface area contributed by atoms with E-state index in [4.69, 9.17) is 16.0 Å². The van der Waals surface area contributed by atoms with Gasteiger partial charge in [0, 0.05) is 7.05 Å². The molecule has 0 spiro atoms. The van der Waals surface area contributed by atoms with Crippen molar-refractivity contribution in [2.24, 2.45) is 0 Å². The van der Waals surface area contributed by atoms with E-state index in [0.29, 0.717) is 46.8 Å². The maximum absolute atomic E-state index is 12.8. The van der Waals surface area contributed by atoms with Crippen LogP contribution in [0.1, 0.15) is 35.8 Å². The number of hydrogen-bond donors (Lipinski definition) is 0. The lowest BCUT2D eigenvalue weighted by Crippen LogP contribution is -2.25. The van der Waals surface area contributed by atoms with Gasteiger partial charge in [-0.05, 0) is 25.2 Å². The van der Waals surface area contributed by atoms with Crippen molar-refractivity contribution in [1.82, 2.24) is 29.5 Å². The molecule has 2 aromatic heterocycles. The van der Waals surface area contributed by atoms with Crippen molar-refractivity contribution >= 4 is 17.5 Å². The average Bonchev–Trinajstić information content (AvgIpc) is 3.29. The molecule has 0 radical (unpaired) electrons. The van der Waals surface area contributed by atoms with Crippen molar-refractivity contribution in [3.05, 3.63) is 46.7 Å². The van der Waals surface area contributed by atoms with E-state index in [1.807, 2.05) is 16.7 Å². The first-order valence-electron chi connectivity index (χ1n) is 9.19. The molecule has 0 fully saturated rings. The Morgan fingerprint density at radius 1 is 1.25 bits per heavy atom. The van der Waals surface area contributed by atoms with Crippen molar-refractivity contribution in [1.29, 1.82) is 0 Å². The number of carbonyl (C=O) groups is 1. The molecular weight excluding hydrogens is 380 g/mol. The van der Waals surface area contributed by atoms with Crippen LogP contribution in [0.15, 0.2) is 28.9 Å². The Labute approximate surface area is 167 Å². The predicted molar refractivity (Wildman–Crippen MR) is 104 cm³/mol. The Hall–Kier alpha value is -2.71. The largest absolute Gasteiger partial charge is 0.418 e. The Balaban J connectivity index is 1.77. The van der Waals surface area contributed by atoms with E-state index in [-0.39, 0.29) is 5.91 Å². The van der Waals surface area contributed by atoms with Crippen LogP contribution in [-0.2, 0) is 13.1 Å². The van der Waals surface area contributed by atoms with Gasteiger partial charge in [0.1, 0.15) is 6.33 Å². The molecule has 146 valence electrons. The second-order valence-electron chi connectivity index (χ2n) is 6.67. The van der Waals surface area contributed by atoms with Crippen LogP contribution >= 0.6 is 11.6 Å². The van der Waals surface area contributed by atoms with Gasteiger partial charge in [-0.3, -0.25) is 14.3 Å². The summed E-state index contributed by atoms with van der Waals surface area (Å²) < 4.78 is 7.74. The molecule has 0 aliphatic carbocycles. The SMILES string of the molecule is CCN(CC)Cc1nnc(-c2ncn3c2CN(C)C(=O)c2c(Cl)cccc2-3)o1. The minimum atomic E-state index is -0.136. The van der Waals surface area contributed by atoms with E-state index in [1.165, 1.54) is 0 Å². The molecule has 0 saturated carbocycles. The Morgan fingerprint density at radius 3 is 2.79 bits per heavy atom. The fraction of sp³-hybridized carbons (Fsp3) is 0.368. The summed E-state index contributed by atoms with van der Waals surface area (Å²) in [5.74, 6) is 0.757. The zero-order valence-electron chi connectivity index (χ0n) is 16.0. The summed E-state index contributed by atoms with van der Waals surface area (Å²) in [4.78, 5) is 21.1. The molecule has 1 aliphatic rings. The highest BCUT2D eigenvalue weighted by Gasteiger charge is 2.29. The molecule has 0 bridgehead atoms. The lowest BCUT2D eigenvalue weighted by molar-refractivity contribution is 0.0788. The second kappa shape index (κ2) is 7.37. The first-order chi connectivity index (χ1) is 13.5. The van der Waals surface area contributed by atoms with Gasteiger partial charge in [0.15, 0.2) is 5.69 Å². The van der Waals surface area contributed by atoms with Crippen molar-refractivity contribution in [3.8, 4) is 17.3 Å². The number of carbonyl (C=O) groups excluding carboxylic acids is 1. The summed E-state index contributed by atoms with van der Waals surface area (Å²) in [5.41, 5.74) is 2.53. The maximum Gasteiger partial charge on any atom is 0.268 e. The number of nitrogens with zero attached hydrogens (tertiary/aromatic N) is 6. The molecule has 1 aliphatic heterocycles. The normalized spacial score (nSPS) is 13.6. The topological polar surface area (TPSA) is 80.3 Å². The van der Waals surface area contributed by atoms with Gasteiger partial charge in [-0.1, -0.05) is 31.5 Å². The third kappa shape index (κ3) is 3.08. The lowest BCUT2D eigenvalue weighted by Gasteiger charge is -2.15. The molecule has 1 amide bonds. The molecule has 3 aromatic rings. The van der Waals surface area contributed by atoms with Gasteiger partial charge in [0.25, 0.3) is 11.8 Å². The van der Waals surface area contributed by atoms with Crippen LogP contribution in [0.2, 0.25) is 5.02 Å². The van der Waals surface area contributed by atoms with Gasteiger partial charge in [-0.2, -0.15) is 0 Å². The van der Waals surface area contributed by atoms with Crippen LogP contribution < -0.4 is 0 Å².